The molecule has 6 heteroatoms. The number of methoxy groups -OCH3 is 1. The zero-order valence-electron chi connectivity index (χ0n) is 16.4. The summed E-state index contributed by atoms with van der Waals surface area (Å²) >= 11 is 0. The number of hydrogen-bond acceptors (Lipinski definition) is 4. The Balaban J connectivity index is 1.52. The molecule has 0 aliphatic carbocycles. The Morgan fingerprint density at radius 3 is 2.75 bits per heavy atom. The van der Waals surface area contributed by atoms with Crippen LogP contribution in [0, 0.1) is 6.92 Å². The van der Waals surface area contributed by atoms with Gasteiger partial charge in [-0.15, -0.1) is 0 Å². The molecule has 0 unspecified atom stereocenters. The van der Waals surface area contributed by atoms with E-state index in [-0.39, 0.29) is 18.4 Å². The molecule has 6 nitrogen and oxygen atoms in total. The molecule has 2 aromatic carbocycles. The maximum atomic E-state index is 13.1. The number of carbonyl (C=O) groups is 2. The highest BCUT2D eigenvalue weighted by atomic mass is 16.5. The number of fused-ring (bicyclic) bond motifs is 2. The fourth-order valence-corrected chi connectivity index (χ4v) is 4.22. The van der Waals surface area contributed by atoms with Crippen LogP contribution in [-0.4, -0.2) is 50.6 Å². The molecule has 1 spiro atoms. The lowest BCUT2D eigenvalue weighted by Crippen LogP contribution is -2.42. The Hall–Kier alpha value is -3.02. The van der Waals surface area contributed by atoms with Crippen LogP contribution in [0.5, 0.6) is 11.5 Å². The Morgan fingerprint density at radius 1 is 1.18 bits per heavy atom. The van der Waals surface area contributed by atoms with E-state index in [1.54, 1.807) is 24.0 Å². The van der Waals surface area contributed by atoms with Crippen LogP contribution in [0.1, 0.15) is 17.5 Å². The van der Waals surface area contributed by atoms with E-state index in [0.29, 0.717) is 31.0 Å². The summed E-state index contributed by atoms with van der Waals surface area (Å²) in [6, 6.07) is 13.3. The highest BCUT2D eigenvalue weighted by molar-refractivity contribution is 6.08. The van der Waals surface area contributed by atoms with Crippen molar-refractivity contribution in [2.45, 2.75) is 18.8 Å². The smallest absolute Gasteiger partial charge is 0.260 e. The number of ether oxygens (including phenoxy) is 2. The third-order valence-electron chi connectivity index (χ3n) is 5.77. The summed E-state index contributed by atoms with van der Waals surface area (Å²) in [7, 11) is 3.40. The van der Waals surface area contributed by atoms with Gasteiger partial charge in [-0.05, 0) is 54.8 Å². The average molecular weight is 380 g/mol. The summed E-state index contributed by atoms with van der Waals surface area (Å²) < 4.78 is 11.0. The highest BCUT2D eigenvalue weighted by Gasteiger charge is 2.54. The highest BCUT2D eigenvalue weighted by Crippen LogP contribution is 2.47. The van der Waals surface area contributed by atoms with E-state index in [9.17, 15) is 9.59 Å². The summed E-state index contributed by atoms with van der Waals surface area (Å²) in [6.45, 7) is 2.85. The third kappa shape index (κ3) is 2.89. The number of likely N-dealkylation sites (N-methyl/N-ethyl adjacent to an activating group) is 1. The first kappa shape index (κ1) is 18.3. The van der Waals surface area contributed by atoms with Crippen LogP contribution in [0.3, 0.4) is 0 Å². The molecule has 28 heavy (non-hydrogen) atoms. The van der Waals surface area contributed by atoms with Crippen LogP contribution in [0.15, 0.2) is 42.5 Å². The van der Waals surface area contributed by atoms with Crippen molar-refractivity contribution in [1.29, 1.82) is 0 Å². The molecule has 2 aliphatic heterocycles. The summed E-state index contributed by atoms with van der Waals surface area (Å²) in [6.07, 6.45) is 0.604. The van der Waals surface area contributed by atoms with Crippen LogP contribution < -0.4 is 14.4 Å². The first-order valence-electron chi connectivity index (χ1n) is 9.38. The minimum absolute atomic E-state index is 0.0330. The molecule has 2 amide bonds. The molecule has 0 N–H and O–H groups in total. The van der Waals surface area contributed by atoms with Crippen LogP contribution in [0.2, 0.25) is 0 Å². The van der Waals surface area contributed by atoms with Crippen LogP contribution in [0.25, 0.3) is 0 Å². The lowest BCUT2D eigenvalue weighted by atomic mass is 9.81. The van der Waals surface area contributed by atoms with Gasteiger partial charge in [0.2, 0.25) is 5.91 Å². The lowest BCUT2D eigenvalue weighted by Gasteiger charge is -2.23. The molecule has 0 aromatic heterocycles. The normalized spacial score (nSPS) is 20.6. The van der Waals surface area contributed by atoms with Crippen molar-refractivity contribution in [1.82, 2.24) is 4.90 Å². The van der Waals surface area contributed by atoms with Crippen molar-refractivity contribution in [3.8, 4) is 11.5 Å². The number of amides is 2. The molecule has 0 bridgehead atoms. The quantitative estimate of drug-likeness (QED) is 0.818. The van der Waals surface area contributed by atoms with Gasteiger partial charge in [0.05, 0.1) is 12.5 Å². The number of rotatable bonds is 4. The van der Waals surface area contributed by atoms with Crippen molar-refractivity contribution in [2.24, 2.45) is 0 Å². The molecule has 1 fully saturated rings. The monoisotopic (exact) mass is 380 g/mol. The number of aryl methyl sites for hydroxylation is 1. The molecule has 2 heterocycles. The summed E-state index contributed by atoms with van der Waals surface area (Å²) in [5.41, 5.74) is 2.21. The summed E-state index contributed by atoms with van der Waals surface area (Å²) in [5.74, 6) is 1.32. The Kier molecular flexibility index (Phi) is 4.49. The summed E-state index contributed by atoms with van der Waals surface area (Å²) in [4.78, 5) is 29.2. The van der Waals surface area contributed by atoms with Crippen LogP contribution >= 0.6 is 0 Å². The van der Waals surface area contributed by atoms with Gasteiger partial charge in [-0.25, -0.2) is 0 Å². The first-order valence-corrected chi connectivity index (χ1v) is 9.38. The van der Waals surface area contributed by atoms with Gasteiger partial charge >= 0.3 is 0 Å². The van der Waals surface area contributed by atoms with Crippen molar-refractivity contribution in [3.63, 3.8) is 0 Å². The molecule has 146 valence electrons. The maximum Gasteiger partial charge on any atom is 0.260 e. The topological polar surface area (TPSA) is 59.1 Å². The van der Waals surface area contributed by atoms with Gasteiger partial charge in [-0.2, -0.15) is 0 Å². The Morgan fingerprint density at radius 2 is 2.00 bits per heavy atom. The van der Waals surface area contributed by atoms with Crippen LogP contribution in [-0.2, 0) is 15.0 Å². The molecule has 2 aromatic rings. The molecule has 1 saturated heterocycles. The minimum atomic E-state index is -0.697. The zero-order valence-corrected chi connectivity index (χ0v) is 16.4. The zero-order chi connectivity index (χ0) is 19.9. The Labute approximate surface area is 164 Å². The Bertz CT molecular complexity index is 942. The average Bonchev–Trinajstić information content (AvgIpc) is 3.24. The van der Waals surface area contributed by atoms with Gasteiger partial charge in [0, 0.05) is 25.8 Å². The molecular weight excluding hydrogens is 356 g/mol. The van der Waals surface area contributed by atoms with Gasteiger partial charge < -0.3 is 19.3 Å². The van der Waals surface area contributed by atoms with E-state index in [2.05, 4.69) is 0 Å². The van der Waals surface area contributed by atoms with Crippen molar-refractivity contribution >= 4 is 17.5 Å². The predicted octanol–water partition coefficient (Wildman–Crippen LogP) is 2.53. The van der Waals surface area contributed by atoms with E-state index < -0.39 is 5.41 Å². The van der Waals surface area contributed by atoms with Gasteiger partial charge in [0.25, 0.3) is 5.91 Å². The van der Waals surface area contributed by atoms with Crippen molar-refractivity contribution in [2.75, 3.05) is 38.8 Å². The largest absolute Gasteiger partial charge is 0.497 e. The molecule has 4 rings (SSSR count). The number of anilines is 1. The maximum absolute atomic E-state index is 13.1. The van der Waals surface area contributed by atoms with Gasteiger partial charge in [-0.1, -0.05) is 12.1 Å². The van der Waals surface area contributed by atoms with Gasteiger partial charge in [0.15, 0.2) is 6.61 Å². The molecule has 1 atom stereocenters. The third-order valence-corrected chi connectivity index (χ3v) is 5.77. The molecular formula is C22H24N2O4. The standard InChI is InChI=1S/C22H24N2O4/c1-15-5-4-6-17(11-15)28-13-20(25)24-10-9-22(14-24)18-12-16(27-3)7-8-19(18)23(2)21(22)26/h4-8,11-12H,9-10,13-14H2,1-3H3/t22-/m1/s1. The molecule has 2 aliphatic rings. The summed E-state index contributed by atoms with van der Waals surface area (Å²) in [5, 5.41) is 0. The second kappa shape index (κ2) is 6.86. The second-order valence-electron chi connectivity index (χ2n) is 7.50. The SMILES string of the molecule is COc1ccc2c(c1)[C@]1(CCN(C(=O)COc3cccc(C)c3)C1)C(=O)N2C. The van der Waals surface area contributed by atoms with E-state index in [1.807, 2.05) is 49.4 Å². The van der Waals surface area contributed by atoms with Crippen LogP contribution in [0.4, 0.5) is 5.69 Å². The predicted molar refractivity (Wildman–Crippen MR) is 106 cm³/mol. The number of hydrogen-bond donors (Lipinski definition) is 0. The van der Waals surface area contributed by atoms with E-state index in [4.69, 9.17) is 9.47 Å². The lowest BCUT2D eigenvalue weighted by molar-refractivity contribution is -0.132. The first-order chi connectivity index (χ1) is 13.4. The minimum Gasteiger partial charge on any atom is -0.497 e. The molecule has 0 saturated carbocycles. The molecule has 0 radical (unpaired) electrons. The number of carbonyl (C=O) groups excluding carboxylic acids is 2. The number of likely N-dealkylation sites (tertiary alicyclic amines) is 1. The van der Waals surface area contributed by atoms with E-state index in [0.717, 1.165) is 16.8 Å². The number of nitrogens with zero attached hydrogens (tertiary/aromatic N) is 2. The second-order valence-corrected chi connectivity index (χ2v) is 7.50. The fraction of sp³-hybridized carbons (Fsp3) is 0.364. The van der Waals surface area contributed by atoms with Gasteiger partial charge in [-0.3, -0.25) is 9.59 Å². The van der Waals surface area contributed by atoms with E-state index >= 15 is 0 Å². The number of benzene rings is 2. The fourth-order valence-electron chi connectivity index (χ4n) is 4.22. The van der Waals surface area contributed by atoms with E-state index in [1.165, 1.54) is 0 Å². The van der Waals surface area contributed by atoms with Crippen molar-refractivity contribution < 1.29 is 19.1 Å². The van der Waals surface area contributed by atoms with Crippen molar-refractivity contribution in [3.05, 3.63) is 53.6 Å². The van der Waals surface area contributed by atoms with Gasteiger partial charge in [0.1, 0.15) is 11.5 Å².